The molecule has 27 heavy (non-hydrogen) atoms. The molecule has 0 spiro atoms. The SMILES string of the molecule is CCCC(O/N=C(/C(=O)OCCSC)c1csc(N)n1)C(=O)OC(C)(C)C. The summed E-state index contributed by atoms with van der Waals surface area (Å²) in [7, 11) is 0. The van der Waals surface area contributed by atoms with E-state index in [1.807, 2.05) is 13.2 Å². The molecule has 1 aromatic rings. The van der Waals surface area contributed by atoms with Crippen LogP contribution in [0.3, 0.4) is 0 Å². The van der Waals surface area contributed by atoms with Gasteiger partial charge in [0, 0.05) is 11.1 Å². The maximum absolute atomic E-state index is 12.4. The van der Waals surface area contributed by atoms with Gasteiger partial charge in [-0.25, -0.2) is 14.6 Å². The maximum Gasteiger partial charge on any atom is 0.362 e. The van der Waals surface area contributed by atoms with Gasteiger partial charge in [0.15, 0.2) is 5.13 Å². The summed E-state index contributed by atoms with van der Waals surface area (Å²) in [6.07, 6.45) is 2.05. The first-order valence-electron chi connectivity index (χ1n) is 8.52. The van der Waals surface area contributed by atoms with Gasteiger partial charge in [0.05, 0.1) is 0 Å². The molecule has 0 amide bonds. The Kier molecular flexibility index (Phi) is 9.57. The number of nitrogen functional groups attached to an aromatic ring is 1. The molecule has 0 aliphatic heterocycles. The van der Waals surface area contributed by atoms with Crippen molar-refractivity contribution in [2.45, 2.75) is 52.2 Å². The smallest absolute Gasteiger partial charge is 0.362 e. The fraction of sp³-hybridized carbons (Fsp3) is 0.647. The van der Waals surface area contributed by atoms with Crippen LogP contribution in [-0.2, 0) is 23.9 Å². The number of hydrogen-bond acceptors (Lipinski definition) is 10. The number of carbonyl (C=O) groups excluding carboxylic acids is 2. The number of hydrogen-bond donors (Lipinski definition) is 1. The van der Waals surface area contributed by atoms with Crippen molar-refractivity contribution >= 4 is 45.9 Å². The number of esters is 2. The van der Waals surface area contributed by atoms with Gasteiger partial charge < -0.3 is 20.0 Å². The molecule has 8 nitrogen and oxygen atoms in total. The fourth-order valence-corrected chi connectivity index (χ4v) is 2.63. The zero-order valence-electron chi connectivity index (χ0n) is 16.3. The summed E-state index contributed by atoms with van der Waals surface area (Å²) in [5, 5.41) is 5.74. The second-order valence-corrected chi connectivity index (χ2v) is 8.43. The summed E-state index contributed by atoms with van der Waals surface area (Å²) >= 11 is 2.71. The first-order chi connectivity index (χ1) is 12.7. The molecule has 0 saturated heterocycles. The monoisotopic (exact) mass is 417 g/mol. The third-order valence-corrected chi connectivity index (χ3v) is 4.22. The molecule has 1 aromatic heterocycles. The van der Waals surface area contributed by atoms with Gasteiger partial charge in [0.1, 0.15) is 17.9 Å². The van der Waals surface area contributed by atoms with Crippen LogP contribution < -0.4 is 5.73 Å². The average molecular weight is 418 g/mol. The van der Waals surface area contributed by atoms with Crippen molar-refractivity contribution in [3.05, 3.63) is 11.1 Å². The van der Waals surface area contributed by atoms with Gasteiger partial charge in [0.2, 0.25) is 11.8 Å². The highest BCUT2D eigenvalue weighted by atomic mass is 32.2. The Balaban J connectivity index is 2.99. The van der Waals surface area contributed by atoms with Crippen LogP contribution >= 0.6 is 23.1 Å². The predicted molar refractivity (Wildman–Crippen MR) is 108 cm³/mol. The lowest BCUT2D eigenvalue weighted by Crippen LogP contribution is -2.33. The van der Waals surface area contributed by atoms with Crippen molar-refractivity contribution in [3.8, 4) is 0 Å². The Morgan fingerprint density at radius 2 is 2.11 bits per heavy atom. The molecule has 152 valence electrons. The number of oxime groups is 1. The lowest BCUT2D eigenvalue weighted by molar-refractivity contribution is -0.169. The Morgan fingerprint density at radius 3 is 2.63 bits per heavy atom. The molecular formula is C17H27N3O5S2. The average Bonchev–Trinajstić information content (AvgIpc) is 2.99. The minimum Gasteiger partial charge on any atom is -0.460 e. The van der Waals surface area contributed by atoms with Crippen molar-refractivity contribution in [3.63, 3.8) is 0 Å². The molecule has 0 saturated carbocycles. The number of nitrogens with two attached hydrogens (primary N) is 1. The van der Waals surface area contributed by atoms with E-state index in [-0.39, 0.29) is 23.1 Å². The molecule has 0 aliphatic rings. The Morgan fingerprint density at radius 1 is 1.41 bits per heavy atom. The standard InChI is InChI=1S/C17H27N3O5S2/c1-6-7-12(14(21)24-17(2,3)4)25-20-13(11-10-27-16(18)19-11)15(22)23-8-9-26-5/h10,12H,6-9H2,1-5H3,(H2,18,19)/b20-13+. The number of aromatic nitrogens is 1. The highest BCUT2D eigenvalue weighted by Crippen LogP contribution is 2.16. The fourth-order valence-electron chi connectivity index (χ4n) is 1.83. The maximum atomic E-state index is 12.4. The van der Waals surface area contributed by atoms with Gasteiger partial charge in [0.25, 0.3) is 0 Å². The van der Waals surface area contributed by atoms with E-state index >= 15 is 0 Å². The zero-order valence-corrected chi connectivity index (χ0v) is 17.9. The lowest BCUT2D eigenvalue weighted by Gasteiger charge is -2.22. The molecule has 0 bridgehead atoms. The number of rotatable bonds is 10. The van der Waals surface area contributed by atoms with Gasteiger partial charge in [-0.05, 0) is 33.4 Å². The molecular weight excluding hydrogens is 390 g/mol. The summed E-state index contributed by atoms with van der Waals surface area (Å²) in [5.41, 5.74) is 5.10. The topological polar surface area (TPSA) is 113 Å². The first kappa shape index (κ1) is 23.2. The molecule has 1 rings (SSSR count). The number of nitrogens with zero attached hydrogens (tertiary/aromatic N) is 2. The molecule has 1 atom stereocenters. The van der Waals surface area contributed by atoms with Crippen LogP contribution in [0, 0.1) is 0 Å². The number of thioether (sulfide) groups is 1. The van der Waals surface area contributed by atoms with E-state index < -0.39 is 23.6 Å². The van der Waals surface area contributed by atoms with Gasteiger partial charge in [-0.3, -0.25) is 0 Å². The largest absolute Gasteiger partial charge is 0.460 e. The molecule has 0 fully saturated rings. The van der Waals surface area contributed by atoms with Crippen molar-refractivity contribution in [2.75, 3.05) is 24.3 Å². The number of carbonyl (C=O) groups is 2. The van der Waals surface area contributed by atoms with E-state index in [0.29, 0.717) is 18.6 Å². The van der Waals surface area contributed by atoms with E-state index in [1.165, 1.54) is 0 Å². The predicted octanol–water partition coefficient (Wildman–Crippen LogP) is 2.86. The summed E-state index contributed by atoms with van der Waals surface area (Å²) < 4.78 is 10.5. The third kappa shape index (κ3) is 8.61. The summed E-state index contributed by atoms with van der Waals surface area (Å²) in [6.45, 7) is 7.43. The van der Waals surface area contributed by atoms with Crippen LogP contribution in [0.15, 0.2) is 10.5 Å². The van der Waals surface area contributed by atoms with Gasteiger partial charge in [-0.1, -0.05) is 18.5 Å². The second kappa shape index (κ2) is 11.1. The highest BCUT2D eigenvalue weighted by molar-refractivity contribution is 7.98. The van der Waals surface area contributed by atoms with Crippen molar-refractivity contribution in [1.29, 1.82) is 0 Å². The van der Waals surface area contributed by atoms with E-state index in [9.17, 15) is 9.59 Å². The van der Waals surface area contributed by atoms with Crippen LogP contribution in [-0.4, -0.2) is 53.0 Å². The zero-order chi connectivity index (χ0) is 20.4. The van der Waals surface area contributed by atoms with E-state index in [4.69, 9.17) is 20.0 Å². The van der Waals surface area contributed by atoms with Gasteiger partial charge in [-0.2, -0.15) is 11.8 Å². The van der Waals surface area contributed by atoms with Crippen molar-refractivity contribution in [1.82, 2.24) is 4.98 Å². The molecule has 0 aromatic carbocycles. The minimum atomic E-state index is -0.931. The van der Waals surface area contributed by atoms with Gasteiger partial charge in [-0.15, -0.1) is 11.3 Å². The Bertz CT molecular complexity index is 655. The van der Waals surface area contributed by atoms with E-state index in [2.05, 4.69) is 10.1 Å². The first-order valence-corrected chi connectivity index (χ1v) is 10.8. The lowest BCUT2D eigenvalue weighted by atomic mass is 10.1. The van der Waals surface area contributed by atoms with Crippen molar-refractivity contribution in [2.24, 2.45) is 5.16 Å². The number of ether oxygens (including phenoxy) is 2. The van der Waals surface area contributed by atoms with Crippen LogP contribution in [0.1, 0.15) is 46.2 Å². The Labute approximate surface area is 167 Å². The molecule has 10 heteroatoms. The van der Waals surface area contributed by atoms with Crippen LogP contribution in [0.4, 0.5) is 5.13 Å². The normalized spacial score (nSPS) is 13.1. The van der Waals surface area contributed by atoms with E-state index in [1.54, 1.807) is 37.9 Å². The van der Waals surface area contributed by atoms with E-state index in [0.717, 1.165) is 11.3 Å². The minimum absolute atomic E-state index is 0.131. The molecule has 1 heterocycles. The van der Waals surface area contributed by atoms with Crippen molar-refractivity contribution < 1.29 is 23.9 Å². The van der Waals surface area contributed by atoms with Crippen LogP contribution in [0.25, 0.3) is 0 Å². The third-order valence-electron chi connectivity index (χ3n) is 2.97. The quantitative estimate of drug-likeness (QED) is 0.268. The molecule has 0 aliphatic carbocycles. The molecule has 0 radical (unpaired) electrons. The second-order valence-electron chi connectivity index (χ2n) is 6.56. The van der Waals surface area contributed by atoms with Crippen LogP contribution in [0.5, 0.6) is 0 Å². The van der Waals surface area contributed by atoms with Crippen LogP contribution in [0.2, 0.25) is 0 Å². The molecule has 2 N–H and O–H groups in total. The summed E-state index contributed by atoms with van der Waals surface area (Å²) in [5.74, 6) is -0.579. The highest BCUT2D eigenvalue weighted by Gasteiger charge is 2.28. The molecule has 1 unspecified atom stereocenters. The van der Waals surface area contributed by atoms with Gasteiger partial charge >= 0.3 is 11.9 Å². The summed E-state index contributed by atoms with van der Waals surface area (Å²) in [4.78, 5) is 34.1. The Hall–Kier alpha value is -1.81. The summed E-state index contributed by atoms with van der Waals surface area (Å²) in [6, 6.07) is 0. The number of thiazole rings is 1. The number of anilines is 1.